The van der Waals surface area contributed by atoms with Crippen molar-refractivity contribution in [3.63, 3.8) is 0 Å². The minimum absolute atomic E-state index is 0.117. The molecule has 1 saturated carbocycles. The highest BCUT2D eigenvalue weighted by atomic mass is 16.2. The lowest BCUT2D eigenvalue weighted by Crippen LogP contribution is -3.19. The van der Waals surface area contributed by atoms with Crippen LogP contribution in [0.5, 0.6) is 0 Å². The van der Waals surface area contributed by atoms with Gasteiger partial charge in [0, 0.05) is 5.92 Å². The second-order valence-electron chi connectivity index (χ2n) is 8.01. The Labute approximate surface area is 149 Å². The van der Waals surface area contributed by atoms with E-state index in [1.807, 2.05) is 37.3 Å². The molecule has 5 heteroatoms. The largest absolute Gasteiger partial charge is 0.329 e. The molecule has 134 valence electrons. The van der Waals surface area contributed by atoms with E-state index in [2.05, 4.69) is 5.32 Å². The molecule has 4 rings (SSSR count). The minimum Gasteiger partial charge on any atom is -0.319 e. The number of urea groups is 1. The zero-order chi connectivity index (χ0) is 17.4. The second kappa shape index (κ2) is 6.45. The lowest BCUT2D eigenvalue weighted by molar-refractivity contribution is -0.942. The summed E-state index contributed by atoms with van der Waals surface area (Å²) in [6.07, 6.45) is 7.69. The molecule has 1 aromatic rings. The molecule has 3 amide bonds. The van der Waals surface area contributed by atoms with Gasteiger partial charge in [-0.25, -0.2) is 9.69 Å². The van der Waals surface area contributed by atoms with Crippen molar-refractivity contribution < 1.29 is 14.5 Å². The number of piperidine rings is 1. The molecular formula is C20H28N3O2+. The number of quaternary nitrogens is 1. The summed E-state index contributed by atoms with van der Waals surface area (Å²) in [6.45, 7) is 3.39. The highest BCUT2D eigenvalue weighted by Gasteiger charge is 2.51. The van der Waals surface area contributed by atoms with Crippen molar-refractivity contribution in [2.24, 2.45) is 5.92 Å². The lowest BCUT2D eigenvalue weighted by Gasteiger charge is -2.42. The number of hydrogen-bond acceptors (Lipinski definition) is 2. The average molecular weight is 342 g/mol. The molecule has 2 aliphatic heterocycles. The van der Waals surface area contributed by atoms with Crippen LogP contribution < -0.4 is 10.2 Å². The molecule has 3 fully saturated rings. The summed E-state index contributed by atoms with van der Waals surface area (Å²) in [4.78, 5) is 28.6. The summed E-state index contributed by atoms with van der Waals surface area (Å²) in [5.41, 5.74) is -0.0976. The zero-order valence-corrected chi connectivity index (χ0v) is 15.0. The molecular weight excluding hydrogens is 314 g/mol. The van der Waals surface area contributed by atoms with Crippen molar-refractivity contribution in [2.45, 2.75) is 57.0 Å². The predicted octanol–water partition coefficient (Wildman–Crippen LogP) is 1.65. The SMILES string of the molecule is C[C@]1(c2ccccc2)NC(=O)N(C[NH+]2CCC[C@H]3CCCC[C@@H]32)C1=O. The van der Waals surface area contributed by atoms with E-state index < -0.39 is 5.54 Å². The Balaban J connectivity index is 1.53. The van der Waals surface area contributed by atoms with Crippen molar-refractivity contribution in [3.05, 3.63) is 35.9 Å². The van der Waals surface area contributed by atoms with Gasteiger partial charge in [-0.2, -0.15) is 0 Å². The van der Waals surface area contributed by atoms with E-state index in [0.717, 1.165) is 18.0 Å². The number of fused-ring (bicyclic) bond motifs is 1. The maximum absolute atomic E-state index is 13.1. The first-order valence-corrected chi connectivity index (χ1v) is 9.64. The van der Waals surface area contributed by atoms with Gasteiger partial charge in [-0.3, -0.25) is 4.79 Å². The molecule has 4 atom stereocenters. The normalized spacial score (nSPS) is 35.4. The molecule has 2 saturated heterocycles. The Hall–Kier alpha value is -1.88. The van der Waals surface area contributed by atoms with E-state index in [9.17, 15) is 9.59 Å². The summed E-state index contributed by atoms with van der Waals surface area (Å²) in [5, 5.41) is 2.93. The first-order chi connectivity index (χ1) is 12.1. The maximum Gasteiger partial charge on any atom is 0.329 e. The fourth-order valence-electron chi connectivity index (χ4n) is 5.07. The predicted molar refractivity (Wildman–Crippen MR) is 94.8 cm³/mol. The Morgan fingerprint density at radius 2 is 1.84 bits per heavy atom. The number of carbonyl (C=O) groups excluding carboxylic acids is 2. The fourth-order valence-corrected chi connectivity index (χ4v) is 5.07. The van der Waals surface area contributed by atoms with Gasteiger partial charge >= 0.3 is 6.03 Å². The van der Waals surface area contributed by atoms with Gasteiger partial charge < -0.3 is 10.2 Å². The Bertz CT molecular complexity index is 660. The topological polar surface area (TPSA) is 53.9 Å². The third kappa shape index (κ3) is 2.84. The monoisotopic (exact) mass is 342 g/mol. The summed E-state index contributed by atoms with van der Waals surface area (Å²) < 4.78 is 0. The van der Waals surface area contributed by atoms with Crippen LogP contribution >= 0.6 is 0 Å². The number of likely N-dealkylation sites (tertiary alicyclic amines) is 1. The standard InChI is InChI=1S/C20H27N3O2/c1-20(16-10-3-2-4-11-16)18(24)23(19(25)21-20)14-22-13-7-9-15-8-5-6-12-17(15)22/h2-4,10-11,15,17H,5-9,12-14H2,1H3,(H,21,25)/p+1/t15-,17+,20-/m1/s1. The number of imide groups is 1. The molecule has 0 aromatic heterocycles. The number of nitrogens with zero attached hydrogens (tertiary/aromatic N) is 1. The number of rotatable bonds is 3. The van der Waals surface area contributed by atoms with Crippen molar-refractivity contribution >= 4 is 11.9 Å². The van der Waals surface area contributed by atoms with Crippen molar-refractivity contribution in [1.29, 1.82) is 0 Å². The number of benzene rings is 1. The van der Waals surface area contributed by atoms with E-state index in [4.69, 9.17) is 0 Å². The van der Waals surface area contributed by atoms with Crippen LogP contribution in [0.2, 0.25) is 0 Å². The number of nitrogens with one attached hydrogen (secondary N) is 2. The van der Waals surface area contributed by atoms with Crippen LogP contribution in [0, 0.1) is 5.92 Å². The first kappa shape index (κ1) is 16.6. The molecule has 0 spiro atoms. The number of amides is 3. The lowest BCUT2D eigenvalue weighted by atomic mass is 9.78. The van der Waals surface area contributed by atoms with E-state index in [0.29, 0.717) is 12.7 Å². The maximum atomic E-state index is 13.1. The quantitative estimate of drug-likeness (QED) is 0.821. The average Bonchev–Trinajstić information content (AvgIpc) is 2.87. The van der Waals surface area contributed by atoms with Crippen LogP contribution in [0.3, 0.4) is 0 Å². The minimum atomic E-state index is -0.945. The molecule has 5 nitrogen and oxygen atoms in total. The van der Waals surface area contributed by atoms with Crippen LogP contribution in [0.15, 0.2) is 30.3 Å². The Kier molecular flexibility index (Phi) is 4.28. The van der Waals surface area contributed by atoms with Crippen LogP contribution in [-0.2, 0) is 10.3 Å². The highest BCUT2D eigenvalue weighted by molar-refractivity contribution is 6.07. The third-order valence-corrected chi connectivity index (χ3v) is 6.49. The molecule has 2 N–H and O–H groups in total. The van der Waals surface area contributed by atoms with Gasteiger partial charge in [-0.05, 0) is 44.6 Å². The Morgan fingerprint density at radius 1 is 1.12 bits per heavy atom. The Morgan fingerprint density at radius 3 is 2.64 bits per heavy atom. The molecule has 0 bridgehead atoms. The van der Waals surface area contributed by atoms with Crippen LogP contribution in [-0.4, -0.2) is 36.1 Å². The fraction of sp³-hybridized carbons (Fsp3) is 0.600. The van der Waals surface area contributed by atoms with Gasteiger partial charge in [0.25, 0.3) is 5.91 Å². The van der Waals surface area contributed by atoms with Gasteiger partial charge in [-0.15, -0.1) is 0 Å². The van der Waals surface area contributed by atoms with Crippen molar-refractivity contribution in [2.75, 3.05) is 13.2 Å². The molecule has 1 aromatic carbocycles. The van der Waals surface area contributed by atoms with Crippen LogP contribution in [0.1, 0.15) is 51.0 Å². The molecule has 25 heavy (non-hydrogen) atoms. The van der Waals surface area contributed by atoms with Gasteiger partial charge in [0.05, 0.1) is 12.6 Å². The second-order valence-corrected chi connectivity index (χ2v) is 8.01. The van der Waals surface area contributed by atoms with Gasteiger partial charge in [0.1, 0.15) is 5.54 Å². The smallest absolute Gasteiger partial charge is 0.319 e. The van der Waals surface area contributed by atoms with E-state index in [1.54, 1.807) is 0 Å². The first-order valence-electron chi connectivity index (χ1n) is 9.64. The van der Waals surface area contributed by atoms with Crippen molar-refractivity contribution in [1.82, 2.24) is 10.2 Å². The van der Waals surface area contributed by atoms with Gasteiger partial charge in [0.15, 0.2) is 6.67 Å². The summed E-state index contributed by atoms with van der Waals surface area (Å²) in [7, 11) is 0. The molecule has 0 radical (unpaired) electrons. The van der Waals surface area contributed by atoms with Gasteiger partial charge in [-0.1, -0.05) is 36.8 Å². The van der Waals surface area contributed by atoms with Crippen LogP contribution in [0.4, 0.5) is 4.79 Å². The molecule has 1 aliphatic carbocycles. The molecule has 2 heterocycles. The van der Waals surface area contributed by atoms with Crippen molar-refractivity contribution in [3.8, 4) is 0 Å². The summed E-state index contributed by atoms with van der Waals surface area (Å²) in [6, 6.07) is 9.93. The number of carbonyl (C=O) groups is 2. The zero-order valence-electron chi connectivity index (χ0n) is 15.0. The third-order valence-electron chi connectivity index (χ3n) is 6.49. The molecule has 1 unspecified atom stereocenters. The highest BCUT2D eigenvalue weighted by Crippen LogP contribution is 2.30. The van der Waals surface area contributed by atoms with Crippen LogP contribution in [0.25, 0.3) is 0 Å². The van der Waals surface area contributed by atoms with E-state index in [1.165, 1.54) is 48.3 Å². The summed E-state index contributed by atoms with van der Waals surface area (Å²) in [5.74, 6) is 0.660. The van der Waals surface area contributed by atoms with Gasteiger partial charge in [0.2, 0.25) is 0 Å². The van der Waals surface area contributed by atoms with E-state index in [-0.39, 0.29) is 11.9 Å². The molecule has 3 aliphatic rings. The number of hydrogen-bond donors (Lipinski definition) is 2. The summed E-state index contributed by atoms with van der Waals surface area (Å²) >= 11 is 0. The van der Waals surface area contributed by atoms with E-state index >= 15 is 0 Å².